The molecule has 0 radical (unpaired) electrons. The minimum atomic E-state index is -4.23. The van der Waals surface area contributed by atoms with Crippen molar-refractivity contribution in [3.8, 4) is 11.6 Å². The number of likely N-dealkylation sites (tertiary alicyclic amines) is 1. The number of benzene rings is 1. The summed E-state index contributed by atoms with van der Waals surface area (Å²) in [6.07, 6.45) is 1.26. The molecule has 10 nitrogen and oxygen atoms in total. The topological polar surface area (TPSA) is 160 Å². The van der Waals surface area contributed by atoms with Crippen LogP contribution in [0.3, 0.4) is 0 Å². The molecule has 2 unspecified atom stereocenters. The predicted octanol–water partition coefficient (Wildman–Crippen LogP) is 0.616. The van der Waals surface area contributed by atoms with Crippen LogP contribution in [0.15, 0.2) is 53.6 Å². The third-order valence-corrected chi connectivity index (χ3v) is 7.00. The van der Waals surface area contributed by atoms with E-state index in [0.717, 1.165) is 4.90 Å². The minimum absolute atomic E-state index is 0.0876. The molecular weight excluding hydrogens is 402 g/mol. The van der Waals surface area contributed by atoms with Gasteiger partial charge in [-0.25, -0.2) is 23.0 Å². The number of β-amino-alcohol motifs (C(OH)–C–C–N with tert-alkyl or cyclic N) is 1. The smallest absolute Gasteiger partial charge is 0.338 e. The first-order valence-electron chi connectivity index (χ1n) is 8.57. The molecule has 154 valence electrons. The molecule has 2 aromatic rings. The fraction of sp³-hybridized carbons (Fsp3) is 0.278. The van der Waals surface area contributed by atoms with E-state index in [2.05, 4.69) is 4.98 Å². The van der Waals surface area contributed by atoms with Crippen molar-refractivity contribution >= 4 is 21.8 Å². The molecule has 1 aliphatic rings. The number of pyridine rings is 1. The Kier molecular flexibility index (Phi) is 5.44. The number of primary amides is 1. The number of nitrogens with zero attached hydrogens (tertiary/aromatic N) is 2. The van der Waals surface area contributed by atoms with Gasteiger partial charge >= 0.3 is 12.0 Å². The van der Waals surface area contributed by atoms with Crippen molar-refractivity contribution in [1.82, 2.24) is 9.88 Å². The summed E-state index contributed by atoms with van der Waals surface area (Å²) in [5.74, 6) is -1.09. The van der Waals surface area contributed by atoms with Crippen molar-refractivity contribution in [3.63, 3.8) is 0 Å². The van der Waals surface area contributed by atoms with Gasteiger partial charge in [0.25, 0.3) is 0 Å². The molecule has 4 N–H and O–H groups in total. The second-order valence-electron chi connectivity index (χ2n) is 6.55. The summed E-state index contributed by atoms with van der Waals surface area (Å²) in [7, 11) is -4.23. The van der Waals surface area contributed by atoms with E-state index < -0.39 is 39.2 Å². The lowest BCUT2D eigenvalue weighted by molar-refractivity contribution is -0.162. The Balaban J connectivity index is 1.87. The van der Waals surface area contributed by atoms with Crippen LogP contribution in [0, 0.1) is 0 Å². The average Bonchev–Trinajstić information content (AvgIpc) is 2.68. The molecule has 1 aromatic heterocycles. The first-order valence-corrected chi connectivity index (χ1v) is 10.1. The van der Waals surface area contributed by atoms with Gasteiger partial charge in [0.2, 0.25) is 5.88 Å². The molecule has 1 aromatic carbocycles. The number of piperidine rings is 1. The number of hydrogen-bond donors (Lipinski definition) is 3. The predicted molar refractivity (Wildman–Crippen MR) is 100 cm³/mol. The zero-order chi connectivity index (χ0) is 21.2. The molecule has 0 saturated carbocycles. The van der Waals surface area contributed by atoms with Crippen LogP contribution >= 0.6 is 0 Å². The van der Waals surface area contributed by atoms with Gasteiger partial charge in [0.1, 0.15) is 11.0 Å². The lowest BCUT2D eigenvalue weighted by Gasteiger charge is -2.40. The van der Waals surface area contributed by atoms with Gasteiger partial charge in [-0.15, -0.1) is 0 Å². The molecule has 2 atom stereocenters. The van der Waals surface area contributed by atoms with Crippen molar-refractivity contribution in [2.45, 2.75) is 22.2 Å². The highest BCUT2D eigenvalue weighted by Crippen LogP contribution is 2.33. The number of carboxylic acids is 1. The molecule has 11 heteroatoms. The van der Waals surface area contributed by atoms with Gasteiger partial charge in [0.05, 0.1) is 11.4 Å². The number of aromatic nitrogens is 1. The molecule has 2 heterocycles. The zero-order valence-corrected chi connectivity index (χ0v) is 15.9. The van der Waals surface area contributed by atoms with E-state index in [1.54, 1.807) is 24.4 Å². The Bertz CT molecular complexity index is 1010. The molecule has 0 aliphatic carbocycles. The highest BCUT2D eigenvalue weighted by molar-refractivity contribution is 7.92. The highest BCUT2D eigenvalue weighted by atomic mass is 32.2. The van der Waals surface area contributed by atoms with E-state index in [0.29, 0.717) is 11.6 Å². The van der Waals surface area contributed by atoms with Gasteiger partial charge in [-0.05, 0) is 36.8 Å². The van der Waals surface area contributed by atoms with Crippen LogP contribution < -0.4 is 10.5 Å². The van der Waals surface area contributed by atoms with E-state index in [-0.39, 0.29) is 17.9 Å². The monoisotopic (exact) mass is 421 g/mol. The maximum atomic E-state index is 13.0. The van der Waals surface area contributed by atoms with Crippen molar-refractivity contribution < 1.29 is 33.0 Å². The third-order valence-electron chi connectivity index (χ3n) is 4.69. The fourth-order valence-corrected chi connectivity index (χ4v) is 5.13. The van der Waals surface area contributed by atoms with E-state index in [1.807, 2.05) is 0 Å². The van der Waals surface area contributed by atoms with E-state index in [1.165, 1.54) is 24.3 Å². The maximum absolute atomic E-state index is 13.0. The van der Waals surface area contributed by atoms with Crippen LogP contribution in [0.2, 0.25) is 0 Å². The second kappa shape index (κ2) is 7.68. The van der Waals surface area contributed by atoms with Crippen LogP contribution in [-0.4, -0.2) is 64.5 Å². The number of carbonyl (C=O) groups excluding carboxylic acids is 1. The summed E-state index contributed by atoms with van der Waals surface area (Å²) in [6, 6.07) is 9.47. The maximum Gasteiger partial charge on any atom is 0.338 e. The Labute approximate surface area is 166 Å². The number of amides is 2. The summed E-state index contributed by atoms with van der Waals surface area (Å²) < 4.78 is 31.6. The number of aliphatic carboxylic acids is 1. The minimum Gasteiger partial charge on any atom is -0.479 e. The molecule has 2 amide bonds. The van der Waals surface area contributed by atoms with Gasteiger partial charge in [0.15, 0.2) is 15.4 Å². The molecule has 3 rings (SSSR count). The summed E-state index contributed by atoms with van der Waals surface area (Å²) in [5, 5.41) is 18.4. The largest absolute Gasteiger partial charge is 0.479 e. The molecule has 1 saturated heterocycles. The lowest BCUT2D eigenvalue weighted by Crippen LogP contribution is -2.65. The first kappa shape index (κ1) is 20.6. The van der Waals surface area contributed by atoms with Crippen LogP contribution in [0.25, 0.3) is 0 Å². The Hall–Kier alpha value is -3.18. The number of carboxylic acid groups (broad SMARTS) is 1. The van der Waals surface area contributed by atoms with Crippen LogP contribution in [0.4, 0.5) is 4.79 Å². The second-order valence-corrected chi connectivity index (χ2v) is 8.68. The third kappa shape index (κ3) is 4.00. The SMILES string of the molecule is NC(=O)N1CCC(S(=O)(=O)c2ccc(Oc3ccccn3)cc2)C(O)(C(=O)O)C1. The van der Waals surface area contributed by atoms with Gasteiger partial charge in [-0.3, -0.25) is 0 Å². The Morgan fingerprint density at radius 1 is 1.21 bits per heavy atom. The molecule has 29 heavy (non-hydrogen) atoms. The molecular formula is C18H19N3O7S. The molecule has 1 aliphatic heterocycles. The van der Waals surface area contributed by atoms with E-state index in [4.69, 9.17) is 10.5 Å². The van der Waals surface area contributed by atoms with E-state index in [9.17, 15) is 28.2 Å². The zero-order valence-electron chi connectivity index (χ0n) is 15.1. The van der Waals surface area contributed by atoms with Crippen molar-refractivity contribution in [1.29, 1.82) is 0 Å². The molecule has 0 spiro atoms. The van der Waals surface area contributed by atoms with Gasteiger partial charge < -0.3 is 25.6 Å². The number of sulfone groups is 1. The van der Waals surface area contributed by atoms with E-state index >= 15 is 0 Å². The quantitative estimate of drug-likeness (QED) is 0.633. The summed E-state index contributed by atoms with van der Waals surface area (Å²) in [5.41, 5.74) is 2.46. The lowest BCUT2D eigenvalue weighted by atomic mass is 9.92. The molecule has 1 fully saturated rings. The Morgan fingerprint density at radius 3 is 2.45 bits per heavy atom. The fourth-order valence-electron chi connectivity index (χ4n) is 3.18. The summed E-state index contributed by atoms with van der Waals surface area (Å²) in [6.45, 7) is -0.807. The number of hydrogen-bond acceptors (Lipinski definition) is 7. The number of rotatable bonds is 5. The number of nitrogens with two attached hydrogens (primary N) is 1. The molecule has 0 bridgehead atoms. The average molecular weight is 421 g/mol. The number of urea groups is 1. The number of ether oxygens (including phenoxy) is 1. The van der Waals surface area contributed by atoms with Crippen LogP contribution in [0.1, 0.15) is 6.42 Å². The van der Waals surface area contributed by atoms with Crippen molar-refractivity contribution in [3.05, 3.63) is 48.7 Å². The van der Waals surface area contributed by atoms with Gasteiger partial charge in [0, 0.05) is 18.8 Å². The standard InChI is InChI=1S/C18H19N3O7S/c19-17(24)21-10-8-14(18(25,11-21)16(22)23)29(26,27)13-6-4-12(5-7-13)28-15-3-1-2-9-20-15/h1-7,9,14,25H,8,10-11H2,(H2,19,24)(H,22,23). The van der Waals surface area contributed by atoms with Crippen LogP contribution in [0.5, 0.6) is 11.6 Å². The van der Waals surface area contributed by atoms with Crippen molar-refractivity contribution in [2.24, 2.45) is 5.73 Å². The number of carbonyl (C=O) groups is 2. The van der Waals surface area contributed by atoms with Crippen molar-refractivity contribution in [2.75, 3.05) is 13.1 Å². The Morgan fingerprint density at radius 2 is 1.90 bits per heavy atom. The van der Waals surface area contributed by atoms with Gasteiger partial charge in [-0.2, -0.15) is 0 Å². The number of aliphatic hydroxyl groups is 1. The van der Waals surface area contributed by atoms with Crippen LogP contribution in [-0.2, 0) is 14.6 Å². The normalized spacial score (nSPS) is 22.1. The summed E-state index contributed by atoms with van der Waals surface area (Å²) >= 11 is 0. The van der Waals surface area contributed by atoms with Gasteiger partial charge in [-0.1, -0.05) is 6.07 Å². The first-order chi connectivity index (χ1) is 13.6. The highest BCUT2D eigenvalue weighted by Gasteiger charge is 2.55. The summed E-state index contributed by atoms with van der Waals surface area (Å²) in [4.78, 5) is 27.8.